The SMILES string of the molecule is CCn1c(SCC(=O)OCC(=O)NCC(C)C)nnc1-c1ccco1. The average Bonchev–Trinajstić information content (AvgIpc) is 3.24. The molecule has 2 heterocycles. The third-order valence-corrected chi connectivity index (χ3v) is 4.11. The first kappa shape index (κ1) is 19.0. The van der Waals surface area contributed by atoms with Crippen LogP contribution in [0.25, 0.3) is 11.6 Å². The van der Waals surface area contributed by atoms with E-state index in [1.807, 2.05) is 25.3 Å². The highest BCUT2D eigenvalue weighted by Crippen LogP contribution is 2.24. The highest BCUT2D eigenvalue weighted by Gasteiger charge is 2.17. The van der Waals surface area contributed by atoms with Crippen LogP contribution in [0.15, 0.2) is 28.0 Å². The molecule has 0 saturated heterocycles. The number of aromatic nitrogens is 3. The van der Waals surface area contributed by atoms with E-state index in [1.165, 1.54) is 11.8 Å². The molecule has 1 N–H and O–H groups in total. The van der Waals surface area contributed by atoms with E-state index in [-0.39, 0.29) is 18.3 Å². The zero-order valence-electron chi connectivity index (χ0n) is 14.5. The van der Waals surface area contributed by atoms with Crippen molar-refractivity contribution >= 4 is 23.6 Å². The molecule has 136 valence electrons. The van der Waals surface area contributed by atoms with Gasteiger partial charge in [-0.15, -0.1) is 10.2 Å². The fourth-order valence-corrected chi connectivity index (χ4v) is 2.75. The molecule has 0 saturated carbocycles. The Kier molecular flexibility index (Phi) is 7.05. The van der Waals surface area contributed by atoms with Crippen molar-refractivity contribution in [3.8, 4) is 11.6 Å². The molecule has 0 radical (unpaired) electrons. The Morgan fingerprint density at radius 1 is 1.40 bits per heavy atom. The van der Waals surface area contributed by atoms with Gasteiger partial charge in [0.1, 0.15) is 0 Å². The summed E-state index contributed by atoms with van der Waals surface area (Å²) in [6.45, 7) is 6.85. The van der Waals surface area contributed by atoms with Gasteiger partial charge in [0.2, 0.25) is 0 Å². The minimum atomic E-state index is -0.477. The van der Waals surface area contributed by atoms with E-state index >= 15 is 0 Å². The van der Waals surface area contributed by atoms with Gasteiger partial charge in [0.25, 0.3) is 5.91 Å². The standard InChI is InChI=1S/C16H22N4O4S/c1-4-20-15(12-6-5-7-23-12)18-19-16(20)25-10-14(22)24-9-13(21)17-8-11(2)3/h5-7,11H,4,8-10H2,1-3H3,(H,17,21). The largest absolute Gasteiger partial charge is 0.461 e. The number of amides is 1. The molecule has 0 aliphatic heterocycles. The first-order chi connectivity index (χ1) is 12.0. The van der Waals surface area contributed by atoms with Crippen molar-refractivity contribution in [1.82, 2.24) is 20.1 Å². The van der Waals surface area contributed by atoms with Crippen molar-refractivity contribution in [3.05, 3.63) is 18.4 Å². The molecule has 0 atom stereocenters. The lowest BCUT2D eigenvalue weighted by Crippen LogP contribution is -2.31. The van der Waals surface area contributed by atoms with Crippen molar-refractivity contribution in [2.75, 3.05) is 18.9 Å². The van der Waals surface area contributed by atoms with Gasteiger partial charge in [-0.25, -0.2) is 0 Å². The summed E-state index contributed by atoms with van der Waals surface area (Å²) >= 11 is 1.21. The average molecular weight is 366 g/mol. The van der Waals surface area contributed by atoms with Gasteiger partial charge in [-0.05, 0) is 25.0 Å². The van der Waals surface area contributed by atoms with Crippen LogP contribution in [-0.4, -0.2) is 45.5 Å². The number of carbonyl (C=O) groups is 2. The molecule has 0 bridgehead atoms. The number of thioether (sulfide) groups is 1. The molecule has 0 aliphatic carbocycles. The quantitative estimate of drug-likeness (QED) is 0.535. The Labute approximate surface area is 150 Å². The Balaban J connectivity index is 1.83. The van der Waals surface area contributed by atoms with Crippen molar-refractivity contribution in [1.29, 1.82) is 0 Å². The van der Waals surface area contributed by atoms with Gasteiger partial charge in [-0.2, -0.15) is 0 Å². The number of furan rings is 1. The van der Waals surface area contributed by atoms with Crippen LogP contribution in [0.4, 0.5) is 0 Å². The number of rotatable bonds is 9. The fraction of sp³-hybridized carbons (Fsp3) is 0.500. The second-order valence-electron chi connectivity index (χ2n) is 5.68. The summed E-state index contributed by atoms with van der Waals surface area (Å²) in [5.74, 6) is 0.841. The summed E-state index contributed by atoms with van der Waals surface area (Å²) in [4.78, 5) is 23.3. The fourth-order valence-electron chi connectivity index (χ4n) is 1.95. The monoisotopic (exact) mass is 366 g/mol. The highest BCUT2D eigenvalue weighted by molar-refractivity contribution is 7.99. The lowest BCUT2D eigenvalue weighted by molar-refractivity contribution is -0.145. The molecule has 2 rings (SSSR count). The molecular weight excluding hydrogens is 344 g/mol. The molecule has 8 nitrogen and oxygen atoms in total. The predicted molar refractivity (Wildman–Crippen MR) is 92.9 cm³/mol. The summed E-state index contributed by atoms with van der Waals surface area (Å²) in [7, 11) is 0. The maximum Gasteiger partial charge on any atom is 0.316 e. The van der Waals surface area contributed by atoms with E-state index < -0.39 is 5.97 Å². The van der Waals surface area contributed by atoms with Crippen LogP contribution >= 0.6 is 11.8 Å². The normalized spacial score (nSPS) is 10.9. The van der Waals surface area contributed by atoms with E-state index in [1.54, 1.807) is 18.4 Å². The molecular formula is C16H22N4O4S. The third-order valence-electron chi connectivity index (χ3n) is 3.17. The van der Waals surface area contributed by atoms with Crippen LogP contribution < -0.4 is 5.32 Å². The van der Waals surface area contributed by atoms with Gasteiger partial charge in [-0.1, -0.05) is 25.6 Å². The lowest BCUT2D eigenvalue weighted by atomic mass is 10.2. The summed E-state index contributed by atoms with van der Waals surface area (Å²) in [5, 5.41) is 11.5. The van der Waals surface area contributed by atoms with Gasteiger partial charge in [0, 0.05) is 13.1 Å². The minimum Gasteiger partial charge on any atom is -0.461 e. The van der Waals surface area contributed by atoms with E-state index in [4.69, 9.17) is 9.15 Å². The van der Waals surface area contributed by atoms with Crippen LogP contribution in [-0.2, 0) is 20.9 Å². The molecule has 9 heteroatoms. The third kappa shape index (κ3) is 5.63. The Morgan fingerprint density at radius 2 is 2.20 bits per heavy atom. The van der Waals surface area contributed by atoms with Crippen LogP contribution in [0.5, 0.6) is 0 Å². The van der Waals surface area contributed by atoms with Gasteiger partial charge in [0.15, 0.2) is 23.3 Å². The Morgan fingerprint density at radius 3 is 2.84 bits per heavy atom. The minimum absolute atomic E-state index is 0.0494. The number of esters is 1. The molecule has 0 unspecified atom stereocenters. The molecule has 0 spiro atoms. The molecule has 0 fully saturated rings. The van der Waals surface area contributed by atoms with Crippen molar-refractivity contribution in [3.63, 3.8) is 0 Å². The summed E-state index contributed by atoms with van der Waals surface area (Å²) in [5.41, 5.74) is 0. The number of carbonyl (C=O) groups excluding carboxylic acids is 2. The molecule has 25 heavy (non-hydrogen) atoms. The van der Waals surface area contributed by atoms with Crippen molar-refractivity contribution < 1.29 is 18.7 Å². The van der Waals surface area contributed by atoms with Gasteiger partial charge in [0.05, 0.1) is 12.0 Å². The maximum atomic E-state index is 11.8. The van der Waals surface area contributed by atoms with Crippen LogP contribution in [0.1, 0.15) is 20.8 Å². The topological polar surface area (TPSA) is 99.2 Å². The van der Waals surface area contributed by atoms with Gasteiger partial charge in [-0.3, -0.25) is 14.2 Å². The molecule has 0 aromatic carbocycles. The smallest absolute Gasteiger partial charge is 0.316 e. The zero-order valence-corrected chi connectivity index (χ0v) is 15.3. The Bertz CT molecular complexity index is 697. The second-order valence-corrected chi connectivity index (χ2v) is 6.62. The molecule has 1 amide bonds. The summed E-state index contributed by atoms with van der Waals surface area (Å²) in [6.07, 6.45) is 1.57. The van der Waals surface area contributed by atoms with E-state index in [2.05, 4.69) is 15.5 Å². The summed E-state index contributed by atoms with van der Waals surface area (Å²) < 4.78 is 12.2. The van der Waals surface area contributed by atoms with Gasteiger partial charge < -0.3 is 14.5 Å². The van der Waals surface area contributed by atoms with E-state index in [0.717, 1.165) is 0 Å². The Hall–Kier alpha value is -2.29. The number of nitrogens with zero attached hydrogens (tertiary/aromatic N) is 3. The lowest BCUT2D eigenvalue weighted by Gasteiger charge is -2.08. The first-order valence-electron chi connectivity index (χ1n) is 8.03. The molecule has 2 aromatic rings. The van der Waals surface area contributed by atoms with Gasteiger partial charge >= 0.3 is 5.97 Å². The second kappa shape index (κ2) is 9.26. The molecule has 2 aromatic heterocycles. The zero-order chi connectivity index (χ0) is 18.2. The summed E-state index contributed by atoms with van der Waals surface area (Å²) in [6, 6.07) is 3.58. The maximum absolute atomic E-state index is 11.8. The van der Waals surface area contributed by atoms with Crippen LogP contribution in [0.3, 0.4) is 0 Å². The van der Waals surface area contributed by atoms with Crippen LogP contribution in [0, 0.1) is 5.92 Å². The van der Waals surface area contributed by atoms with Crippen molar-refractivity contribution in [2.45, 2.75) is 32.5 Å². The number of hydrogen-bond acceptors (Lipinski definition) is 7. The first-order valence-corrected chi connectivity index (χ1v) is 9.02. The van der Waals surface area contributed by atoms with Crippen molar-refractivity contribution in [2.24, 2.45) is 5.92 Å². The number of ether oxygens (including phenoxy) is 1. The number of hydrogen-bond donors (Lipinski definition) is 1. The predicted octanol–water partition coefficient (Wildman–Crippen LogP) is 1.97. The van der Waals surface area contributed by atoms with E-state index in [0.29, 0.717) is 35.7 Å². The number of nitrogens with one attached hydrogen (secondary N) is 1. The molecule has 0 aliphatic rings. The van der Waals surface area contributed by atoms with E-state index in [9.17, 15) is 9.59 Å². The van der Waals surface area contributed by atoms with Crippen LogP contribution in [0.2, 0.25) is 0 Å². The highest BCUT2D eigenvalue weighted by atomic mass is 32.2.